The predicted molar refractivity (Wildman–Crippen MR) is 105 cm³/mol. The van der Waals surface area contributed by atoms with Crippen LogP contribution >= 0.6 is 23.2 Å². The molecular formula is C20H16Cl2N2O2. The SMILES string of the molecule is Cc1cc(C=Nc2ccc3c(c2)OCO3)c(C)n1-c1cc(Cl)ccc1Cl. The minimum absolute atomic E-state index is 0.254. The molecule has 0 amide bonds. The Morgan fingerprint density at radius 3 is 2.65 bits per heavy atom. The van der Waals surface area contributed by atoms with Crippen LogP contribution in [0.5, 0.6) is 11.5 Å². The topological polar surface area (TPSA) is 35.8 Å². The van der Waals surface area contributed by atoms with Gasteiger partial charge in [0.15, 0.2) is 11.5 Å². The van der Waals surface area contributed by atoms with Crippen molar-refractivity contribution in [2.45, 2.75) is 13.8 Å². The molecule has 0 bridgehead atoms. The van der Waals surface area contributed by atoms with E-state index in [2.05, 4.69) is 15.6 Å². The number of benzene rings is 2. The van der Waals surface area contributed by atoms with Gasteiger partial charge in [-0.3, -0.25) is 4.99 Å². The molecule has 4 nitrogen and oxygen atoms in total. The molecule has 2 aromatic carbocycles. The van der Waals surface area contributed by atoms with Crippen LogP contribution in [0, 0.1) is 13.8 Å². The summed E-state index contributed by atoms with van der Waals surface area (Å²) in [6, 6.07) is 13.2. The summed E-state index contributed by atoms with van der Waals surface area (Å²) in [7, 11) is 0. The highest BCUT2D eigenvalue weighted by atomic mass is 35.5. The first-order valence-electron chi connectivity index (χ1n) is 8.11. The fraction of sp³-hybridized carbons (Fsp3) is 0.150. The zero-order valence-electron chi connectivity index (χ0n) is 14.3. The number of nitrogens with zero attached hydrogens (tertiary/aromatic N) is 2. The van der Waals surface area contributed by atoms with Gasteiger partial charge < -0.3 is 14.0 Å². The molecule has 1 aromatic heterocycles. The number of hydrogen-bond acceptors (Lipinski definition) is 3. The minimum Gasteiger partial charge on any atom is -0.454 e. The van der Waals surface area contributed by atoms with E-state index in [0.717, 1.165) is 39.8 Å². The summed E-state index contributed by atoms with van der Waals surface area (Å²) in [5.41, 5.74) is 4.77. The van der Waals surface area contributed by atoms with Crippen molar-refractivity contribution >= 4 is 35.1 Å². The molecule has 0 fully saturated rings. The van der Waals surface area contributed by atoms with E-state index in [1.54, 1.807) is 12.1 Å². The number of rotatable bonds is 3. The van der Waals surface area contributed by atoms with Crippen LogP contribution < -0.4 is 9.47 Å². The molecule has 132 valence electrons. The third-order valence-electron chi connectivity index (χ3n) is 4.33. The fourth-order valence-corrected chi connectivity index (χ4v) is 3.42. The first-order valence-corrected chi connectivity index (χ1v) is 8.86. The summed E-state index contributed by atoms with van der Waals surface area (Å²) in [6.45, 7) is 4.32. The van der Waals surface area contributed by atoms with E-state index in [4.69, 9.17) is 32.7 Å². The van der Waals surface area contributed by atoms with E-state index >= 15 is 0 Å². The molecule has 0 saturated heterocycles. The van der Waals surface area contributed by atoms with Crippen molar-refractivity contribution in [2.24, 2.45) is 4.99 Å². The van der Waals surface area contributed by atoms with Gasteiger partial charge in [0, 0.05) is 34.3 Å². The lowest BCUT2D eigenvalue weighted by Crippen LogP contribution is -2.00. The van der Waals surface area contributed by atoms with Crippen molar-refractivity contribution in [3.63, 3.8) is 0 Å². The van der Waals surface area contributed by atoms with Crippen LogP contribution in [-0.4, -0.2) is 17.6 Å². The number of hydrogen-bond donors (Lipinski definition) is 0. The lowest BCUT2D eigenvalue weighted by atomic mass is 10.2. The van der Waals surface area contributed by atoms with Gasteiger partial charge in [-0.15, -0.1) is 0 Å². The monoisotopic (exact) mass is 386 g/mol. The summed E-state index contributed by atoms with van der Waals surface area (Å²) in [5.74, 6) is 1.47. The number of aromatic nitrogens is 1. The maximum Gasteiger partial charge on any atom is 0.231 e. The standard InChI is InChI=1S/C20H16Cl2N2O2/c1-12-7-14(10-23-16-4-6-19-20(9-16)26-11-25-19)13(2)24(12)18-8-15(21)3-5-17(18)22/h3-10H,11H2,1-2H3. The molecule has 1 aliphatic heterocycles. The molecule has 26 heavy (non-hydrogen) atoms. The van der Waals surface area contributed by atoms with Gasteiger partial charge in [-0.2, -0.15) is 0 Å². The predicted octanol–water partition coefficient (Wildman–Crippen LogP) is 5.88. The summed E-state index contributed by atoms with van der Waals surface area (Å²) in [6.07, 6.45) is 1.84. The van der Waals surface area contributed by atoms with Crippen LogP contribution in [0.15, 0.2) is 47.5 Å². The molecule has 0 radical (unpaired) electrons. The molecule has 1 aliphatic rings. The summed E-state index contributed by atoms with van der Waals surface area (Å²) in [5, 5.41) is 1.29. The van der Waals surface area contributed by atoms with Crippen molar-refractivity contribution in [1.29, 1.82) is 0 Å². The molecule has 3 aromatic rings. The van der Waals surface area contributed by atoms with Crippen LogP contribution in [-0.2, 0) is 0 Å². The third-order valence-corrected chi connectivity index (χ3v) is 4.88. The number of aliphatic imine (C=N–C) groups is 1. The second-order valence-electron chi connectivity index (χ2n) is 6.05. The zero-order valence-corrected chi connectivity index (χ0v) is 15.8. The molecule has 0 saturated carbocycles. The average Bonchev–Trinajstić information content (AvgIpc) is 3.19. The van der Waals surface area contributed by atoms with E-state index < -0.39 is 0 Å². The maximum absolute atomic E-state index is 6.37. The number of ether oxygens (including phenoxy) is 2. The van der Waals surface area contributed by atoms with E-state index in [1.165, 1.54) is 0 Å². The van der Waals surface area contributed by atoms with Crippen LogP contribution in [0.2, 0.25) is 10.0 Å². The van der Waals surface area contributed by atoms with E-state index in [-0.39, 0.29) is 6.79 Å². The molecule has 0 atom stereocenters. The average molecular weight is 387 g/mol. The normalized spacial score (nSPS) is 12.9. The molecule has 0 unspecified atom stereocenters. The Morgan fingerprint density at radius 1 is 1.00 bits per heavy atom. The molecule has 4 rings (SSSR count). The fourth-order valence-electron chi connectivity index (χ4n) is 3.06. The molecule has 0 N–H and O–H groups in total. The van der Waals surface area contributed by atoms with Crippen molar-refractivity contribution in [3.05, 3.63) is 69.5 Å². The van der Waals surface area contributed by atoms with Crippen LogP contribution in [0.25, 0.3) is 5.69 Å². The summed E-state index contributed by atoms with van der Waals surface area (Å²) < 4.78 is 12.8. The lowest BCUT2D eigenvalue weighted by Gasteiger charge is -2.12. The van der Waals surface area contributed by atoms with Crippen LogP contribution in [0.1, 0.15) is 17.0 Å². The number of aryl methyl sites for hydroxylation is 1. The highest BCUT2D eigenvalue weighted by Gasteiger charge is 2.14. The molecule has 2 heterocycles. The Bertz CT molecular complexity index is 1020. The van der Waals surface area contributed by atoms with E-state index in [1.807, 2.05) is 44.3 Å². The Labute approximate surface area is 161 Å². The van der Waals surface area contributed by atoms with Crippen LogP contribution in [0.4, 0.5) is 5.69 Å². The largest absolute Gasteiger partial charge is 0.454 e. The molecule has 6 heteroatoms. The molecule has 0 spiro atoms. The number of halogens is 2. The first-order chi connectivity index (χ1) is 12.5. The van der Waals surface area contributed by atoms with Crippen LogP contribution in [0.3, 0.4) is 0 Å². The second-order valence-corrected chi connectivity index (χ2v) is 6.90. The van der Waals surface area contributed by atoms with Crippen molar-refractivity contribution in [1.82, 2.24) is 4.57 Å². The third kappa shape index (κ3) is 3.06. The minimum atomic E-state index is 0.254. The van der Waals surface area contributed by atoms with Gasteiger partial charge in [0.25, 0.3) is 0 Å². The second kappa shape index (κ2) is 6.71. The number of fused-ring (bicyclic) bond motifs is 1. The molecular weight excluding hydrogens is 371 g/mol. The molecule has 0 aliphatic carbocycles. The highest BCUT2D eigenvalue weighted by molar-refractivity contribution is 6.34. The van der Waals surface area contributed by atoms with Crippen molar-refractivity contribution in [2.75, 3.05) is 6.79 Å². The van der Waals surface area contributed by atoms with Gasteiger partial charge >= 0.3 is 0 Å². The quantitative estimate of drug-likeness (QED) is 0.526. The Kier molecular flexibility index (Phi) is 4.39. The Morgan fingerprint density at radius 2 is 1.81 bits per heavy atom. The van der Waals surface area contributed by atoms with Gasteiger partial charge in [-0.05, 0) is 50.2 Å². The Hall–Kier alpha value is -2.43. The van der Waals surface area contributed by atoms with Gasteiger partial charge in [-0.25, -0.2) is 0 Å². The van der Waals surface area contributed by atoms with Gasteiger partial charge in [0.05, 0.1) is 16.4 Å². The zero-order chi connectivity index (χ0) is 18.3. The summed E-state index contributed by atoms with van der Waals surface area (Å²) in [4.78, 5) is 4.57. The van der Waals surface area contributed by atoms with Gasteiger partial charge in [0.1, 0.15) is 0 Å². The maximum atomic E-state index is 6.37. The van der Waals surface area contributed by atoms with E-state index in [9.17, 15) is 0 Å². The van der Waals surface area contributed by atoms with E-state index in [0.29, 0.717) is 10.0 Å². The van der Waals surface area contributed by atoms with Gasteiger partial charge in [-0.1, -0.05) is 23.2 Å². The Balaban J connectivity index is 1.69. The first kappa shape index (κ1) is 17.0. The highest BCUT2D eigenvalue weighted by Crippen LogP contribution is 2.35. The lowest BCUT2D eigenvalue weighted by molar-refractivity contribution is 0.174. The smallest absolute Gasteiger partial charge is 0.231 e. The van der Waals surface area contributed by atoms with Gasteiger partial charge in [0.2, 0.25) is 6.79 Å². The van der Waals surface area contributed by atoms with Crippen molar-refractivity contribution < 1.29 is 9.47 Å². The summed E-state index contributed by atoms with van der Waals surface area (Å²) >= 11 is 12.5. The van der Waals surface area contributed by atoms with Crippen molar-refractivity contribution in [3.8, 4) is 17.2 Å².